The second-order valence-electron chi connectivity index (χ2n) is 3.73. The van der Waals surface area contributed by atoms with Crippen LogP contribution in [0.1, 0.15) is 15.6 Å². The molecule has 2 N–H and O–H groups in total. The maximum Gasteiger partial charge on any atom is 0.0931 e. The first-order chi connectivity index (χ1) is 7.63. The van der Waals surface area contributed by atoms with Crippen molar-refractivity contribution in [3.63, 3.8) is 0 Å². The predicted octanol–water partition coefficient (Wildman–Crippen LogP) is 3.28. The molecule has 0 aliphatic carbocycles. The van der Waals surface area contributed by atoms with Gasteiger partial charge < -0.3 is 5.73 Å². The molecule has 0 saturated heterocycles. The van der Waals surface area contributed by atoms with Crippen molar-refractivity contribution in [2.24, 2.45) is 5.73 Å². The van der Waals surface area contributed by atoms with E-state index >= 15 is 0 Å². The van der Waals surface area contributed by atoms with Crippen molar-refractivity contribution >= 4 is 34.3 Å². The van der Waals surface area contributed by atoms with Crippen LogP contribution < -0.4 is 5.73 Å². The van der Waals surface area contributed by atoms with Gasteiger partial charge in [0.25, 0.3) is 0 Å². The molecule has 2 rings (SSSR count). The lowest BCUT2D eigenvalue weighted by Gasteiger charge is -2.07. The highest BCUT2D eigenvalue weighted by Crippen LogP contribution is 2.22. The van der Waals surface area contributed by atoms with Gasteiger partial charge in [-0.2, -0.15) is 0 Å². The number of rotatable bonds is 4. The first kappa shape index (κ1) is 12.0. The molecule has 2 aromatic rings. The van der Waals surface area contributed by atoms with Crippen LogP contribution in [0.15, 0.2) is 17.5 Å². The number of halogens is 1. The molecule has 0 aliphatic rings. The number of nitrogens with zero attached hydrogens (tertiary/aromatic N) is 1. The van der Waals surface area contributed by atoms with Crippen LogP contribution >= 0.6 is 34.3 Å². The molecular weight excluding hydrogens is 260 g/mol. The van der Waals surface area contributed by atoms with Gasteiger partial charge in [0.15, 0.2) is 0 Å². The van der Waals surface area contributed by atoms with Gasteiger partial charge in [0.1, 0.15) is 0 Å². The maximum atomic E-state index is 6.08. The lowest BCUT2D eigenvalue weighted by atomic mass is 10.1. The average Bonchev–Trinajstić information content (AvgIpc) is 2.76. The summed E-state index contributed by atoms with van der Waals surface area (Å²) < 4.78 is 0.826. The monoisotopic (exact) mass is 272 g/mol. The van der Waals surface area contributed by atoms with Crippen molar-refractivity contribution in [3.05, 3.63) is 37.4 Å². The summed E-state index contributed by atoms with van der Waals surface area (Å²) in [5.41, 5.74) is 7.18. The first-order valence-corrected chi connectivity index (χ1v) is 7.11. The Balaban J connectivity index is 1.91. The van der Waals surface area contributed by atoms with E-state index in [9.17, 15) is 0 Å². The zero-order valence-electron chi connectivity index (χ0n) is 8.94. The fourth-order valence-electron chi connectivity index (χ4n) is 1.56. The summed E-state index contributed by atoms with van der Waals surface area (Å²) in [7, 11) is 0. The Morgan fingerprint density at radius 1 is 1.44 bits per heavy atom. The van der Waals surface area contributed by atoms with E-state index in [1.165, 1.54) is 4.88 Å². The zero-order valence-corrected chi connectivity index (χ0v) is 11.3. The minimum atomic E-state index is 0.121. The number of aryl methyl sites for hydroxylation is 1. The molecule has 0 fully saturated rings. The number of nitrogens with two attached hydrogens (primary N) is 1. The van der Waals surface area contributed by atoms with Crippen molar-refractivity contribution in [3.8, 4) is 0 Å². The Morgan fingerprint density at radius 3 is 2.81 bits per heavy atom. The molecule has 16 heavy (non-hydrogen) atoms. The number of hydrogen-bond acceptors (Lipinski definition) is 4. The normalized spacial score (nSPS) is 12.9. The SMILES string of the molecule is Cc1nc(CC(N)Cc2ccc(Cl)s2)cs1. The van der Waals surface area contributed by atoms with E-state index in [1.54, 1.807) is 22.7 Å². The summed E-state index contributed by atoms with van der Waals surface area (Å²) in [4.78, 5) is 5.65. The first-order valence-electron chi connectivity index (χ1n) is 5.04. The minimum absolute atomic E-state index is 0.121. The molecular formula is C11H13ClN2S2. The Morgan fingerprint density at radius 2 is 2.25 bits per heavy atom. The second kappa shape index (κ2) is 5.27. The van der Waals surface area contributed by atoms with E-state index in [4.69, 9.17) is 17.3 Å². The third-order valence-corrected chi connectivity index (χ3v) is 4.31. The summed E-state index contributed by atoms with van der Waals surface area (Å²) in [5.74, 6) is 0. The van der Waals surface area contributed by atoms with Gasteiger partial charge in [-0.1, -0.05) is 11.6 Å². The van der Waals surface area contributed by atoms with E-state index in [0.717, 1.165) is 27.9 Å². The molecule has 2 heterocycles. The van der Waals surface area contributed by atoms with Crippen LogP contribution in [-0.4, -0.2) is 11.0 Å². The van der Waals surface area contributed by atoms with Crippen molar-refractivity contribution in [1.29, 1.82) is 0 Å². The minimum Gasteiger partial charge on any atom is -0.327 e. The summed E-state index contributed by atoms with van der Waals surface area (Å²) in [6.07, 6.45) is 1.70. The van der Waals surface area contributed by atoms with Crippen molar-refractivity contribution < 1.29 is 0 Å². The Kier molecular flexibility index (Phi) is 3.97. The van der Waals surface area contributed by atoms with Crippen molar-refractivity contribution in [2.45, 2.75) is 25.8 Å². The summed E-state index contributed by atoms with van der Waals surface area (Å²) in [6.45, 7) is 2.01. The van der Waals surface area contributed by atoms with Crippen LogP contribution in [0.2, 0.25) is 4.34 Å². The summed E-state index contributed by atoms with van der Waals surface area (Å²) in [6, 6.07) is 4.08. The average molecular weight is 273 g/mol. The Labute approximate surface area is 108 Å². The van der Waals surface area contributed by atoms with Gasteiger partial charge in [0, 0.05) is 22.7 Å². The third-order valence-electron chi connectivity index (χ3n) is 2.23. The third kappa shape index (κ3) is 3.28. The van der Waals surface area contributed by atoms with E-state index in [-0.39, 0.29) is 6.04 Å². The van der Waals surface area contributed by atoms with E-state index in [0.29, 0.717) is 0 Å². The van der Waals surface area contributed by atoms with Gasteiger partial charge in [-0.25, -0.2) is 4.98 Å². The van der Waals surface area contributed by atoms with Crippen LogP contribution in [0.25, 0.3) is 0 Å². The standard InChI is InChI=1S/C11H13ClN2S2/c1-7-14-9(6-15-7)4-8(13)5-10-2-3-11(12)16-10/h2-3,6,8H,4-5,13H2,1H3. The molecule has 0 radical (unpaired) electrons. The lowest BCUT2D eigenvalue weighted by Crippen LogP contribution is -2.25. The molecule has 2 nitrogen and oxygen atoms in total. The number of hydrogen-bond donors (Lipinski definition) is 1. The molecule has 0 saturated carbocycles. The summed E-state index contributed by atoms with van der Waals surface area (Å²) >= 11 is 9.15. The second-order valence-corrected chi connectivity index (χ2v) is 6.59. The van der Waals surface area contributed by atoms with Gasteiger partial charge >= 0.3 is 0 Å². The molecule has 0 bridgehead atoms. The zero-order chi connectivity index (χ0) is 11.5. The number of thiophene rings is 1. The fraction of sp³-hybridized carbons (Fsp3) is 0.364. The Bertz CT molecular complexity index is 422. The van der Waals surface area contributed by atoms with Crippen molar-refractivity contribution in [1.82, 2.24) is 4.98 Å². The maximum absolute atomic E-state index is 6.08. The van der Waals surface area contributed by atoms with Gasteiger partial charge in [-0.15, -0.1) is 22.7 Å². The molecule has 0 spiro atoms. The van der Waals surface area contributed by atoms with Crippen LogP contribution in [0.3, 0.4) is 0 Å². The highest BCUT2D eigenvalue weighted by molar-refractivity contribution is 7.16. The van der Waals surface area contributed by atoms with Crippen molar-refractivity contribution in [2.75, 3.05) is 0 Å². The highest BCUT2D eigenvalue weighted by Gasteiger charge is 2.09. The van der Waals surface area contributed by atoms with Gasteiger partial charge in [0.2, 0.25) is 0 Å². The largest absolute Gasteiger partial charge is 0.327 e. The molecule has 0 amide bonds. The Hall–Kier alpha value is -0.420. The highest BCUT2D eigenvalue weighted by atomic mass is 35.5. The lowest BCUT2D eigenvalue weighted by molar-refractivity contribution is 0.661. The predicted molar refractivity (Wildman–Crippen MR) is 71.6 cm³/mol. The molecule has 86 valence electrons. The fourth-order valence-corrected chi connectivity index (χ4v) is 3.37. The smallest absolute Gasteiger partial charge is 0.0931 e. The number of aromatic nitrogens is 1. The topological polar surface area (TPSA) is 38.9 Å². The van der Waals surface area contributed by atoms with Crippen LogP contribution in [0.5, 0.6) is 0 Å². The van der Waals surface area contributed by atoms with Gasteiger partial charge in [0.05, 0.1) is 15.0 Å². The van der Waals surface area contributed by atoms with Gasteiger partial charge in [-0.3, -0.25) is 0 Å². The van der Waals surface area contributed by atoms with Crippen LogP contribution in [0.4, 0.5) is 0 Å². The van der Waals surface area contributed by atoms with Crippen LogP contribution in [-0.2, 0) is 12.8 Å². The molecule has 2 aromatic heterocycles. The molecule has 1 atom stereocenters. The van der Waals surface area contributed by atoms with Crippen LogP contribution in [0, 0.1) is 6.92 Å². The van der Waals surface area contributed by atoms with E-state index in [1.807, 2.05) is 19.1 Å². The quantitative estimate of drug-likeness (QED) is 0.928. The molecule has 1 unspecified atom stereocenters. The summed E-state index contributed by atoms with van der Waals surface area (Å²) in [5, 5.41) is 3.18. The number of thiazole rings is 1. The molecule has 5 heteroatoms. The van der Waals surface area contributed by atoms with Gasteiger partial charge in [-0.05, 0) is 25.5 Å². The molecule has 0 aromatic carbocycles. The van der Waals surface area contributed by atoms with E-state index in [2.05, 4.69) is 10.4 Å². The van der Waals surface area contributed by atoms with E-state index < -0.39 is 0 Å². The molecule has 0 aliphatic heterocycles.